The number of nitrogens with zero attached hydrogens (tertiary/aromatic N) is 3. The van der Waals surface area contributed by atoms with Crippen LogP contribution in [0, 0.1) is 12.7 Å². The van der Waals surface area contributed by atoms with Gasteiger partial charge in [-0.3, -0.25) is 0 Å². The normalized spacial score (nSPS) is 16.8. The third-order valence-electron chi connectivity index (χ3n) is 2.67. The number of piperidine rings is 1. The molecule has 0 aromatic carbocycles. The highest BCUT2D eigenvalue weighted by atomic mass is 19.1. The van der Waals surface area contributed by atoms with Crippen LogP contribution >= 0.6 is 0 Å². The Kier molecular flexibility index (Phi) is 2.70. The minimum atomic E-state index is -0.504. The van der Waals surface area contributed by atoms with E-state index in [0.29, 0.717) is 11.6 Å². The highest BCUT2D eigenvalue weighted by molar-refractivity contribution is 5.41. The van der Waals surface area contributed by atoms with E-state index in [9.17, 15) is 4.39 Å². The maximum absolute atomic E-state index is 13.2. The molecule has 0 radical (unpaired) electrons. The highest BCUT2D eigenvalue weighted by Crippen LogP contribution is 2.19. The zero-order valence-corrected chi connectivity index (χ0v) is 8.83. The second-order valence-corrected chi connectivity index (χ2v) is 3.86. The average Bonchev–Trinajstić information content (AvgIpc) is 2.26. The van der Waals surface area contributed by atoms with Crippen LogP contribution in [0.4, 0.5) is 16.2 Å². The van der Waals surface area contributed by atoms with Crippen molar-refractivity contribution in [2.45, 2.75) is 26.2 Å². The summed E-state index contributed by atoms with van der Waals surface area (Å²) in [5.74, 6) is 0.00457. The van der Waals surface area contributed by atoms with Crippen LogP contribution in [0.1, 0.15) is 25.0 Å². The van der Waals surface area contributed by atoms with Crippen LogP contribution in [-0.2, 0) is 0 Å². The molecule has 4 nitrogen and oxygen atoms in total. The lowest BCUT2D eigenvalue weighted by atomic mass is 10.1. The lowest BCUT2D eigenvalue weighted by molar-refractivity contribution is 0.561. The van der Waals surface area contributed by atoms with E-state index in [1.54, 1.807) is 6.92 Å². The summed E-state index contributed by atoms with van der Waals surface area (Å²) in [5.41, 5.74) is 5.80. The van der Waals surface area contributed by atoms with Gasteiger partial charge >= 0.3 is 0 Å². The molecule has 5 heteroatoms. The van der Waals surface area contributed by atoms with Gasteiger partial charge in [-0.2, -0.15) is 4.98 Å². The summed E-state index contributed by atoms with van der Waals surface area (Å²) in [6.07, 6.45) is 3.52. The van der Waals surface area contributed by atoms with Crippen LogP contribution in [0.25, 0.3) is 0 Å². The summed E-state index contributed by atoms with van der Waals surface area (Å²) in [6.45, 7) is 3.48. The maximum atomic E-state index is 13.2. The van der Waals surface area contributed by atoms with E-state index in [1.165, 1.54) is 6.42 Å². The second kappa shape index (κ2) is 4.00. The Balaban J connectivity index is 2.27. The second-order valence-electron chi connectivity index (χ2n) is 3.86. The fraction of sp³-hybridized carbons (Fsp3) is 0.600. The largest absolute Gasteiger partial charge is 0.381 e. The summed E-state index contributed by atoms with van der Waals surface area (Å²) >= 11 is 0. The van der Waals surface area contributed by atoms with Crippen LogP contribution in [0.3, 0.4) is 0 Å². The molecule has 0 bridgehead atoms. The number of rotatable bonds is 1. The van der Waals surface area contributed by atoms with E-state index in [1.807, 2.05) is 0 Å². The van der Waals surface area contributed by atoms with Gasteiger partial charge in [0.05, 0.1) is 5.69 Å². The Bertz CT molecular complexity index is 337. The van der Waals surface area contributed by atoms with Crippen LogP contribution in [0.5, 0.6) is 0 Å². The first-order valence-electron chi connectivity index (χ1n) is 5.23. The van der Waals surface area contributed by atoms with Gasteiger partial charge in [0.2, 0.25) is 5.95 Å². The van der Waals surface area contributed by atoms with E-state index >= 15 is 0 Å². The van der Waals surface area contributed by atoms with E-state index < -0.39 is 5.82 Å². The predicted octanol–water partition coefficient (Wildman–Crippen LogP) is 1.50. The quantitative estimate of drug-likeness (QED) is 0.763. The number of nitrogen functional groups attached to an aromatic ring is 1. The van der Waals surface area contributed by atoms with E-state index in [4.69, 9.17) is 5.73 Å². The van der Waals surface area contributed by atoms with E-state index in [-0.39, 0.29) is 5.82 Å². The Morgan fingerprint density at radius 2 is 1.87 bits per heavy atom. The SMILES string of the molecule is Cc1nc(N2CCCCC2)nc(N)c1F. The van der Waals surface area contributed by atoms with E-state index in [0.717, 1.165) is 25.9 Å². The molecule has 0 spiro atoms. The van der Waals surface area contributed by atoms with Crippen LogP contribution < -0.4 is 10.6 Å². The standard InChI is InChI=1S/C10H15FN4/c1-7-8(11)9(12)14-10(13-7)15-5-3-2-4-6-15/h2-6H2,1H3,(H2,12,13,14). The molecule has 0 amide bonds. The van der Waals surface area contributed by atoms with Gasteiger partial charge in [-0.25, -0.2) is 9.37 Å². The monoisotopic (exact) mass is 210 g/mol. The van der Waals surface area contributed by atoms with Gasteiger partial charge in [0.15, 0.2) is 11.6 Å². The molecule has 15 heavy (non-hydrogen) atoms. The smallest absolute Gasteiger partial charge is 0.227 e. The van der Waals surface area contributed by atoms with Crippen LogP contribution in [-0.4, -0.2) is 23.1 Å². The minimum absolute atomic E-state index is 0.0527. The Morgan fingerprint density at radius 3 is 2.47 bits per heavy atom. The number of aryl methyl sites for hydroxylation is 1. The number of halogens is 1. The number of hydrogen-bond donors (Lipinski definition) is 1. The maximum Gasteiger partial charge on any atom is 0.227 e. The van der Waals surface area contributed by atoms with Crippen LogP contribution in [0.2, 0.25) is 0 Å². The molecular weight excluding hydrogens is 195 g/mol. The molecule has 0 unspecified atom stereocenters. The first kappa shape index (κ1) is 10.1. The van der Waals surface area contributed by atoms with Crippen LogP contribution in [0.15, 0.2) is 0 Å². The van der Waals surface area contributed by atoms with Crippen molar-refractivity contribution in [1.82, 2.24) is 9.97 Å². The molecule has 2 rings (SSSR count). The van der Waals surface area contributed by atoms with Crippen molar-refractivity contribution in [2.75, 3.05) is 23.7 Å². The van der Waals surface area contributed by atoms with Crippen molar-refractivity contribution in [1.29, 1.82) is 0 Å². The van der Waals surface area contributed by atoms with Crippen molar-refractivity contribution < 1.29 is 4.39 Å². The summed E-state index contributed by atoms with van der Waals surface area (Å²) < 4.78 is 13.2. The first-order chi connectivity index (χ1) is 7.18. The molecule has 0 aliphatic carbocycles. The van der Waals surface area contributed by atoms with Gasteiger partial charge in [0.1, 0.15) is 0 Å². The zero-order valence-electron chi connectivity index (χ0n) is 8.83. The van der Waals surface area contributed by atoms with Gasteiger partial charge in [-0.05, 0) is 26.2 Å². The topological polar surface area (TPSA) is 55.0 Å². The van der Waals surface area contributed by atoms with Crippen molar-refractivity contribution in [2.24, 2.45) is 0 Å². The molecule has 1 fully saturated rings. The van der Waals surface area contributed by atoms with Crippen molar-refractivity contribution in [3.05, 3.63) is 11.5 Å². The van der Waals surface area contributed by atoms with Gasteiger partial charge in [0.25, 0.3) is 0 Å². The Labute approximate surface area is 88.3 Å². The molecule has 1 saturated heterocycles. The molecule has 1 aromatic heterocycles. The lowest BCUT2D eigenvalue weighted by Gasteiger charge is -2.26. The van der Waals surface area contributed by atoms with E-state index in [2.05, 4.69) is 14.9 Å². The lowest BCUT2D eigenvalue weighted by Crippen LogP contribution is -2.31. The fourth-order valence-electron chi connectivity index (χ4n) is 1.80. The number of hydrogen-bond acceptors (Lipinski definition) is 4. The summed E-state index contributed by atoms with van der Waals surface area (Å²) in [5, 5.41) is 0. The third kappa shape index (κ3) is 2.00. The highest BCUT2D eigenvalue weighted by Gasteiger charge is 2.16. The summed E-state index contributed by atoms with van der Waals surface area (Å²) in [4.78, 5) is 10.2. The molecular formula is C10H15FN4. The van der Waals surface area contributed by atoms with Gasteiger partial charge in [-0.15, -0.1) is 0 Å². The molecule has 1 aromatic rings. The van der Waals surface area contributed by atoms with Crippen molar-refractivity contribution >= 4 is 11.8 Å². The average molecular weight is 210 g/mol. The van der Waals surface area contributed by atoms with Gasteiger partial charge in [0, 0.05) is 13.1 Å². The summed E-state index contributed by atoms with van der Waals surface area (Å²) in [6, 6.07) is 0. The number of nitrogens with two attached hydrogens (primary N) is 1. The third-order valence-corrected chi connectivity index (χ3v) is 2.67. The summed E-state index contributed by atoms with van der Waals surface area (Å²) in [7, 11) is 0. The van der Waals surface area contributed by atoms with Gasteiger partial charge < -0.3 is 10.6 Å². The molecule has 82 valence electrons. The Hall–Kier alpha value is -1.39. The number of anilines is 2. The van der Waals surface area contributed by atoms with Crippen molar-refractivity contribution in [3.63, 3.8) is 0 Å². The fourth-order valence-corrected chi connectivity index (χ4v) is 1.80. The molecule has 1 aliphatic heterocycles. The minimum Gasteiger partial charge on any atom is -0.381 e. The molecule has 1 aliphatic rings. The predicted molar refractivity (Wildman–Crippen MR) is 57.2 cm³/mol. The Morgan fingerprint density at radius 1 is 1.20 bits per heavy atom. The molecule has 0 saturated carbocycles. The van der Waals surface area contributed by atoms with Crippen molar-refractivity contribution in [3.8, 4) is 0 Å². The zero-order chi connectivity index (χ0) is 10.8. The number of aromatic nitrogens is 2. The first-order valence-corrected chi connectivity index (χ1v) is 5.23. The molecule has 2 heterocycles. The molecule has 0 atom stereocenters. The molecule has 2 N–H and O–H groups in total. The van der Waals surface area contributed by atoms with Gasteiger partial charge in [-0.1, -0.05) is 0 Å².